The van der Waals surface area contributed by atoms with Crippen LogP contribution < -0.4 is 23.8 Å². The molecular formula is C42H49N3O11. The van der Waals surface area contributed by atoms with Crippen LogP contribution in [0.2, 0.25) is 0 Å². The Morgan fingerprint density at radius 1 is 0.911 bits per heavy atom. The molecule has 0 bridgehead atoms. The number of carbonyl (C=O) groups excluding carboxylic acids is 3. The number of anilines is 1. The number of nitrogens with zero attached hydrogens (tertiary/aromatic N) is 2. The fourth-order valence-electron chi connectivity index (χ4n) is 8.84. The topological polar surface area (TPSA) is 147 Å². The molecule has 3 heterocycles. The van der Waals surface area contributed by atoms with Gasteiger partial charge in [0.25, 0.3) is 0 Å². The highest BCUT2D eigenvalue weighted by molar-refractivity contribution is 5.92. The molecule has 4 aromatic rings. The summed E-state index contributed by atoms with van der Waals surface area (Å²) in [6.07, 6.45) is -0.409. The van der Waals surface area contributed by atoms with Gasteiger partial charge in [-0.2, -0.15) is 0 Å². The third-order valence-electron chi connectivity index (χ3n) is 11.5. The molecule has 3 aliphatic rings. The Hall–Kier alpha value is -5.47. The molecule has 3 aromatic carbocycles. The van der Waals surface area contributed by atoms with Crippen molar-refractivity contribution in [1.29, 1.82) is 0 Å². The Balaban J connectivity index is 1.09. The van der Waals surface area contributed by atoms with Crippen molar-refractivity contribution in [2.45, 2.75) is 44.1 Å². The minimum absolute atomic E-state index is 0.0237. The van der Waals surface area contributed by atoms with Crippen LogP contribution in [0.25, 0.3) is 10.9 Å². The average molecular weight is 772 g/mol. The van der Waals surface area contributed by atoms with Crippen molar-refractivity contribution < 1.29 is 52.3 Å². The predicted octanol–water partition coefficient (Wildman–Crippen LogP) is 5.94. The number of piperidine rings is 1. The molecular weight excluding hydrogens is 722 g/mol. The van der Waals surface area contributed by atoms with Crippen LogP contribution in [0.15, 0.2) is 54.6 Å². The minimum Gasteiger partial charge on any atom is -0.497 e. The molecule has 6 atom stereocenters. The molecule has 56 heavy (non-hydrogen) atoms. The van der Waals surface area contributed by atoms with Crippen molar-refractivity contribution in [2.24, 2.45) is 17.8 Å². The van der Waals surface area contributed by atoms with Gasteiger partial charge >= 0.3 is 18.1 Å². The van der Waals surface area contributed by atoms with Gasteiger partial charge < -0.3 is 47.8 Å². The van der Waals surface area contributed by atoms with Gasteiger partial charge in [0.05, 0.1) is 46.0 Å². The zero-order chi connectivity index (χ0) is 39.7. The molecule has 2 aliphatic heterocycles. The fraction of sp³-hybridized carbons (Fsp3) is 0.452. The third-order valence-corrected chi connectivity index (χ3v) is 11.5. The number of aromatic nitrogens is 1. The van der Waals surface area contributed by atoms with Gasteiger partial charge in [0.2, 0.25) is 5.75 Å². The van der Waals surface area contributed by atoms with Gasteiger partial charge in [0.1, 0.15) is 24.6 Å². The Morgan fingerprint density at radius 2 is 1.68 bits per heavy atom. The maximum atomic E-state index is 13.9. The number of hydrogen-bond acceptors (Lipinski definition) is 13. The highest BCUT2D eigenvalue weighted by Gasteiger charge is 2.54. The van der Waals surface area contributed by atoms with E-state index in [0.29, 0.717) is 12.8 Å². The monoisotopic (exact) mass is 771 g/mol. The highest BCUT2D eigenvalue weighted by Crippen LogP contribution is 2.51. The fourth-order valence-corrected chi connectivity index (χ4v) is 8.84. The van der Waals surface area contributed by atoms with E-state index in [1.807, 2.05) is 55.4 Å². The molecule has 0 amide bonds. The lowest BCUT2D eigenvalue weighted by Gasteiger charge is -2.52. The van der Waals surface area contributed by atoms with Crippen molar-refractivity contribution in [1.82, 2.24) is 9.88 Å². The van der Waals surface area contributed by atoms with Gasteiger partial charge in [-0.15, -0.1) is 0 Å². The van der Waals surface area contributed by atoms with Crippen LogP contribution in [0.5, 0.6) is 23.0 Å². The van der Waals surface area contributed by atoms with Gasteiger partial charge in [-0.25, -0.2) is 9.59 Å². The summed E-state index contributed by atoms with van der Waals surface area (Å²) >= 11 is 0. The molecule has 14 nitrogen and oxygen atoms in total. The maximum absolute atomic E-state index is 13.9. The first-order valence-corrected chi connectivity index (χ1v) is 18.7. The second-order valence-corrected chi connectivity index (χ2v) is 14.7. The van der Waals surface area contributed by atoms with Gasteiger partial charge in [-0.05, 0) is 78.6 Å². The van der Waals surface area contributed by atoms with Gasteiger partial charge in [0.15, 0.2) is 11.5 Å². The summed E-state index contributed by atoms with van der Waals surface area (Å²) in [7, 11) is 11.2. The number of nitrogens with one attached hydrogen (secondary N) is 1. The van der Waals surface area contributed by atoms with Crippen molar-refractivity contribution >= 4 is 34.7 Å². The number of rotatable bonds is 11. The molecule has 0 radical (unpaired) electrons. The molecule has 1 N–H and O–H groups in total. The zero-order valence-corrected chi connectivity index (χ0v) is 32.8. The normalized spacial score (nSPS) is 22.8. The average Bonchev–Trinajstić information content (AvgIpc) is 3.59. The number of methoxy groups -OCH3 is 5. The molecule has 1 aromatic heterocycles. The van der Waals surface area contributed by atoms with Gasteiger partial charge in [-0.3, -0.25) is 9.69 Å². The van der Waals surface area contributed by atoms with Crippen molar-refractivity contribution in [2.75, 3.05) is 67.6 Å². The molecule has 2 fully saturated rings. The number of fused-ring (bicyclic) bond motifs is 6. The number of aromatic amines is 1. The number of esters is 2. The lowest BCUT2D eigenvalue weighted by Crippen LogP contribution is -2.58. The smallest absolute Gasteiger partial charge is 0.497 e. The molecule has 7 rings (SSSR count). The first-order chi connectivity index (χ1) is 27.1. The number of ether oxygens (including phenoxy) is 8. The second kappa shape index (κ2) is 16.3. The van der Waals surface area contributed by atoms with Crippen LogP contribution in [0.4, 0.5) is 10.5 Å². The summed E-state index contributed by atoms with van der Waals surface area (Å²) in [5.41, 5.74) is 5.32. The first-order valence-electron chi connectivity index (χ1n) is 18.7. The number of hydrogen-bond donors (Lipinski definition) is 1. The summed E-state index contributed by atoms with van der Waals surface area (Å²) in [6.45, 7) is 1.56. The van der Waals surface area contributed by atoms with Crippen molar-refractivity contribution in [3.05, 3.63) is 77.0 Å². The van der Waals surface area contributed by atoms with E-state index in [0.717, 1.165) is 42.0 Å². The number of H-pyrrole nitrogens is 1. The Morgan fingerprint density at radius 3 is 2.36 bits per heavy atom. The lowest BCUT2D eigenvalue weighted by molar-refractivity contribution is -0.176. The number of benzene rings is 3. The van der Waals surface area contributed by atoms with Crippen LogP contribution in [-0.2, 0) is 36.8 Å². The standard InChI is InChI=1S/C42H49N3O11/c1-44(2)26-10-8-9-23(15-26)22-54-42(48)56-38-33(50-4)16-24(17-34(38)51-5)40(46)55-35-18-25-21-45-14-13-29-28-12-11-27(49-3)19-31(28)43-37(29)32(45)20-30(25)36(39(35)52-6)41(47)53-7/h8-12,15-17,19,25,30,32,35-36,39,43H,13-14,18,20-22H2,1-7H3/t25-,30+,32-,35-,36+,39+/m1/s1. The Bertz CT molecular complexity index is 2070. The molecule has 298 valence electrons. The predicted molar refractivity (Wildman–Crippen MR) is 206 cm³/mol. The van der Waals surface area contributed by atoms with Crippen molar-refractivity contribution in [3.63, 3.8) is 0 Å². The van der Waals surface area contributed by atoms with Crippen LogP contribution >= 0.6 is 0 Å². The van der Waals surface area contributed by atoms with E-state index in [-0.39, 0.29) is 47.3 Å². The van der Waals surface area contributed by atoms with Gasteiger partial charge in [0, 0.05) is 62.6 Å². The summed E-state index contributed by atoms with van der Waals surface area (Å²) in [5.74, 6) is -0.967. The highest BCUT2D eigenvalue weighted by atomic mass is 16.7. The van der Waals surface area contributed by atoms with E-state index < -0.39 is 36.2 Å². The summed E-state index contributed by atoms with van der Waals surface area (Å²) in [5, 5.41) is 1.19. The second-order valence-electron chi connectivity index (χ2n) is 14.7. The molecule has 0 unspecified atom stereocenters. The largest absolute Gasteiger partial charge is 0.514 e. The minimum atomic E-state index is -0.981. The number of carbonyl (C=O) groups is 3. The van der Waals surface area contributed by atoms with E-state index in [1.165, 1.54) is 57.2 Å². The maximum Gasteiger partial charge on any atom is 0.514 e. The quantitative estimate of drug-likeness (QED) is 0.109. The summed E-state index contributed by atoms with van der Waals surface area (Å²) in [6, 6.07) is 16.6. The first kappa shape index (κ1) is 38.8. The Labute approximate surface area is 325 Å². The van der Waals surface area contributed by atoms with Crippen LogP contribution in [-0.4, -0.2) is 103 Å². The molecule has 1 saturated carbocycles. The van der Waals surface area contributed by atoms with Crippen LogP contribution in [0, 0.1) is 17.8 Å². The van der Waals surface area contributed by atoms with Crippen molar-refractivity contribution in [3.8, 4) is 23.0 Å². The third kappa shape index (κ3) is 7.42. The van der Waals surface area contributed by atoms with Crippen LogP contribution in [0.1, 0.15) is 46.1 Å². The van der Waals surface area contributed by atoms with E-state index in [4.69, 9.17) is 37.9 Å². The Kier molecular flexibility index (Phi) is 11.3. The van der Waals surface area contributed by atoms with E-state index >= 15 is 0 Å². The van der Waals surface area contributed by atoms with E-state index in [1.54, 1.807) is 7.11 Å². The SMILES string of the molecule is COC(=O)[C@H]1[C@H]2C[C@@H]3c4[nH]c5cc(OC)ccc5c4CCN3C[C@H]2C[C@@H](OC(=O)c2cc(OC)c(OC(=O)OCc3cccc(N(C)C)c3)c(OC)c2)[C@@H]1OC. The van der Waals surface area contributed by atoms with Crippen LogP contribution in [0.3, 0.4) is 0 Å². The molecule has 1 aliphatic carbocycles. The summed E-state index contributed by atoms with van der Waals surface area (Å²) < 4.78 is 45.0. The zero-order valence-electron chi connectivity index (χ0n) is 32.8. The molecule has 14 heteroatoms. The lowest BCUT2D eigenvalue weighted by atomic mass is 9.63. The molecule has 0 spiro atoms. The van der Waals surface area contributed by atoms with E-state index in [2.05, 4.69) is 16.0 Å². The van der Waals surface area contributed by atoms with Gasteiger partial charge in [-0.1, -0.05) is 12.1 Å². The molecule has 1 saturated heterocycles. The van der Waals surface area contributed by atoms with E-state index in [9.17, 15) is 14.4 Å². The summed E-state index contributed by atoms with van der Waals surface area (Å²) in [4.78, 5) is 48.4.